The van der Waals surface area contributed by atoms with Crippen LogP contribution in [0.2, 0.25) is 5.02 Å². The number of rotatable bonds is 3. The molecule has 1 unspecified atom stereocenters. The number of hydrogen-bond acceptors (Lipinski definition) is 1. The van der Waals surface area contributed by atoms with Gasteiger partial charge in [0, 0.05) is 31.0 Å². The Kier molecular flexibility index (Phi) is 1.91. The van der Waals surface area contributed by atoms with Gasteiger partial charge in [-0.3, -0.25) is 0 Å². The van der Waals surface area contributed by atoms with E-state index in [1.54, 1.807) is 0 Å². The highest BCUT2D eigenvalue weighted by Crippen LogP contribution is 2.40. The summed E-state index contributed by atoms with van der Waals surface area (Å²) in [5.74, 6) is 0. The van der Waals surface area contributed by atoms with Gasteiger partial charge >= 0.3 is 0 Å². The molecule has 0 fully saturated rings. The average molecular weight is 452 g/mol. The standard InChI is InChI=1S/C30H21ClO/c31-24-13-5-11-22(19-24)21-10-4-12-23(18-21)26-15-7-17-28-27-16-6-14-25(29(27)32-30(26)28)20-8-2-1-3-9-20/h1-3,5-11,13-19H,4,12H2/i1D,2D,3D,4D2,6D,7D,8D,9D,10D,11D,12D,13D,14D,15D,16D,17D,18D,19D. The maximum absolute atomic E-state index is 9.18. The van der Waals surface area contributed by atoms with Gasteiger partial charge in [0.1, 0.15) is 11.2 Å². The van der Waals surface area contributed by atoms with Gasteiger partial charge < -0.3 is 4.42 Å². The molecule has 0 N–H and O–H groups in total. The van der Waals surface area contributed by atoms with Crippen LogP contribution in [-0.4, -0.2) is 0 Å². The zero-order valence-electron chi connectivity index (χ0n) is 34.9. The maximum atomic E-state index is 9.18. The topological polar surface area (TPSA) is 13.1 Å². The van der Waals surface area contributed by atoms with Crippen molar-refractivity contribution in [3.05, 3.63) is 119 Å². The Hall–Kier alpha value is -3.55. The molecular weight excluding hydrogens is 412 g/mol. The van der Waals surface area contributed by atoms with Crippen molar-refractivity contribution in [3.63, 3.8) is 0 Å². The summed E-state index contributed by atoms with van der Waals surface area (Å²) >= 11 is 6.12. The summed E-state index contributed by atoms with van der Waals surface area (Å²) in [5, 5.41) is -1.36. The molecule has 1 aromatic heterocycles. The molecule has 2 heteroatoms. The summed E-state index contributed by atoms with van der Waals surface area (Å²) in [6.45, 7) is 0. The van der Waals surface area contributed by atoms with Gasteiger partial charge in [-0.25, -0.2) is 0 Å². The van der Waals surface area contributed by atoms with Gasteiger partial charge in [0.15, 0.2) is 0 Å². The van der Waals surface area contributed by atoms with E-state index in [1.807, 2.05) is 0 Å². The van der Waals surface area contributed by atoms with Crippen LogP contribution in [0.5, 0.6) is 0 Å². The van der Waals surface area contributed by atoms with E-state index < -0.39 is 170 Å². The first-order chi connectivity index (χ1) is 23.6. The molecular formula is C30H21ClO. The molecule has 1 nitrogen and oxygen atoms in total. The van der Waals surface area contributed by atoms with Gasteiger partial charge in [0.2, 0.25) is 0 Å². The first-order valence-electron chi connectivity index (χ1n) is 18.8. The van der Waals surface area contributed by atoms with E-state index in [0.29, 0.717) is 0 Å². The summed E-state index contributed by atoms with van der Waals surface area (Å²) in [6.07, 6.45) is -5.20. The molecule has 6 rings (SSSR count). The van der Waals surface area contributed by atoms with E-state index >= 15 is 0 Å². The summed E-state index contributed by atoms with van der Waals surface area (Å²) in [4.78, 5) is 0. The van der Waals surface area contributed by atoms with Crippen LogP contribution in [0.1, 0.15) is 49.9 Å². The smallest absolute Gasteiger partial charge is 0.143 e. The molecule has 0 radical (unpaired) electrons. The second kappa shape index (κ2) is 7.85. The molecule has 0 saturated carbocycles. The number of fused-ring (bicyclic) bond motifs is 3. The van der Waals surface area contributed by atoms with Crippen molar-refractivity contribution in [1.82, 2.24) is 0 Å². The average Bonchev–Trinajstić information content (AvgIpc) is 3.47. The van der Waals surface area contributed by atoms with Crippen LogP contribution in [0.15, 0.2) is 107 Å². The van der Waals surface area contributed by atoms with Crippen molar-refractivity contribution in [2.45, 2.75) is 12.8 Å². The van der Waals surface area contributed by atoms with Crippen molar-refractivity contribution in [1.29, 1.82) is 0 Å². The summed E-state index contributed by atoms with van der Waals surface area (Å²) in [6, 6.07) is -11.4. The number of hydrogen-bond donors (Lipinski definition) is 0. The Bertz CT molecular complexity index is 2470. The monoisotopic (exact) mass is 451 g/mol. The third kappa shape index (κ3) is 3.26. The second-order valence-corrected chi connectivity index (χ2v) is 6.96. The zero-order valence-corrected chi connectivity index (χ0v) is 16.7. The Morgan fingerprint density at radius 3 is 2.34 bits per heavy atom. The largest absolute Gasteiger partial charge is 0.455 e. The van der Waals surface area contributed by atoms with Gasteiger partial charge in [-0.1, -0.05) is 102 Å². The molecule has 0 aliphatic heterocycles. The normalized spacial score (nSPS) is 26.8. The van der Waals surface area contributed by atoms with Gasteiger partial charge in [0.25, 0.3) is 0 Å². The first-order valence-corrected chi connectivity index (χ1v) is 9.63. The van der Waals surface area contributed by atoms with Crippen LogP contribution in [0.25, 0.3) is 44.2 Å². The van der Waals surface area contributed by atoms with E-state index in [0.717, 1.165) is 6.07 Å². The first kappa shape index (κ1) is 7.79. The lowest BCUT2D eigenvalue weighted by molar-refractivity contribution is 0.668. The lowest BCUT2D eigenvalue weighted by Gasteiger charge is -2.15. The molecule has 1 atom stereocenters. The van der Waals surface area contributed by atoms with Crippen molar-refractivity contribution in [3.8, 4) is 11.1 Å². The molecule has 0 bridgehead atoms. The van der Waals surface area contributed by atoms with Crippen LogP contribution in [-0.2, 0) is 0 Å². The lowest BCUT2D eigenvalue weighted by Crippen LogP contribution is -1.93. The molecule has 5 aromatic rings. The Morgan fingerprint density at radius 2 is 1.53 bits per heavy atom. The van der Waals surface area contributed by atoms with Crippen LogP contribution in [0, 0.1) is 0 Å². The number of benzene rings is 4. The summed E-state index contributed by atoms with van der Waals surface area (Å²) < 4.78 is 169. The van der Waals surface area contributed by atoms with Crippen molar-refractivity contribution in [2.24, 2.45) is 0 Å². The van der Waals surface area contributed by atoms with E-state index in [2.05, 4.69) is 0 Å². The van der Waals surface area contributed by atoms with E-state index in [9.17, 15) is 1.37 Å². The third-order valence-corrected chi connectivity index (χ3v) is 4.91. The molecule has 32 heavy (non-hydrogen) atoms. The van der Waals surface area contributed by atoms with Gasteiger partial charge in [-0.15, -0.1) is 0 Å². The predicted molar refractivity (Wildman–Crippen MR) is 136 cm³/mol. The van der Waals surface area contributed by atoms with Crippen LogP contribution < -0.4 is 0 Å². The fraction of sp³-hybridized carbons (Fsp3) is 0.0667. The molecule has 0 spiro atoms. The van der Waals surface area contributed by atoms with E-state index in [4.69, 9.17) is 40.7 Å². The van der Waals surface area contributed by atoms with Crippen LogP contribution >= 0.6 is 11.6 Å². The number of furan rings is 1. The second-order valence-electron chi connectivity index (χ2n) is 6.58. The lowest BCUT2D eigenvalue weighted by atomic mass is 9.90. The minimum atomic E-state index is -2.99. The highest BCUT2D eigenvalue weighted by molar-refractivity contribution is 6.30. The van der Waals surface area contributed by atoms with Crippen molar-refractivity contribution in [2.75, 3.05) is 0 Å². The molecule has 0 saturated heterocycles. The van der Waals surface area contributed by atoms with E-state index in [1.165, 1.54) is 0 Å². The number of allylic oxidation sites excluding steroid dienone is 4. The van der Waals surface area contributed by atoms with Gasteiger partial charge in [0.05, 0.1) is 21.9 Å². The van der Waals surface area contributed by atoms with E-state index in [-0.39, 0.29) is 0 Å². The summed E-state index contributed by atoms with van der Waals surface area (Å²) in [5.41, 5.74) is -4.82. The molecule has 4 aromatic carbocycles. The SMILES string of the molecule is [2H]C1=C(c2c([2H])c([2H])c([2H])c3c2oc2c(-c4c([2H])c([2H])c([2H])c([2H])c4[2H])c([2H])c([2H])c([2H])c23)C([2H])C([2H])([2H])C([2H])=C1c1c([2H])cc([2H])c(Cl)c1[2H]. The molecule has 1 heterocycles. The zero-order chi connectivity index (χ0) is 38.1. The third-order valence-electron chi connectivity index (χ3n) is 4.71. The number of halogens is 1. The fourth-order valence-electron chi connectivity index (χ4n) is 3.32. The highest BCUT2D eigenvalue weighted by Gasteiger charge is 2.18. The maximum Gasteiger partial charge on any atom is 0.143 e. The minimum Gasteiger partial charge on any atom is -0.455 e. The molecule has 1 aliphatic rings. The molecule has 0 amide bonds. The quantitative estimate of drug-likeness (QED) is 0.266. The fourth-order valence-corrected chi connectivity index (χ4v) is 3.47. The van der Waals surface area contributed by atoms with Crippen LogP contribution in [0.4, 0.5) is 0 Å². The molecule has 154 valence electrons. The number of para-hydroxylation sites is 2. The molecule has 1 aliphatic carbocycles. The van der Waals surface area contributed by atoms with Gasteiger partial charge in [-0.05, 0) is 47.1 Å². The predicted octanol–water partition coefficient (Wildman–Crippen LogP) is 9.17. The van der Waals surface area contributed by atoms with Gasteiger partial charge in [-0.2, -0.15) is 0 Å². The van der Waals surface area contributed by atoms with Crippen molar-refractivity contribution >= 4 is 44.7 Å². The Balaban J connectivity index is 1.85. The minimum absolute atomic E-state index is 0.429. The van der Waals surface area contributed by atoms with Crippen LogP contribution in [0.3, 0.4) is 0 Å². The highest BCUT2D eigenvalue weighted by atomic mass is 35.5. The summed E-state index contributed by atoms with van der Waals surface area (Å²) in [7, 11) is 0. The Labute approximate surface area is 219 Å². The van der Waals surface area contributed by atoms with Crippen molar-refractivity contribution < 1.29 is 30.5 Å². The Morgan fingerprint density at radius 1 is 0.781 bits per heavy atom.